The SMILES string of the molecule is CCCC(=O)N(C(=O)[C@H](CCC(N)=O)NC(=O)[C@@H](N)CO)[C@@H](CC(N)=O)C(=O)NC(Cc1ccccc1)CN(C(=O)[C@@H]1CCCN1)[C@H]([C]=O)C(C)C. The van der Waals surface area contributed by atoms with Gasteiger partial charge in [0.15, 0.2) is 0 Å². The Balaban J connectivity index is 2.63. The van der Waals surface area contributed by atoms with E-state index in [9.17, 15) is 43.5 Å². The minimum absolute atomic E-state index is 0.134. The van der Waals surface area contributed by atoms with Gasteiger partial charge in [-0.15, -0.1) is 0 Å². The fourth-order valence-electron chi connectivity index (χ4n) is 5.94. The highest BCUT2D eigenvalue weighted by Crippen LogP contribution is 2.19. The van der Waals surface area contributed by atoms with E-state index >= 15 is 0 Å². The van der Waals surface area contributed by atoms with Crippen molar-refractivity contribution >= 4 is 47.6 Å². The van der Waals surface area contributed by atoms with E-state index in [0.717, 1.165) is 12.0 Å². The van der Waals surface area contributed by atoms with Crippen LogP contribution >= 0.6 is 0 Å². The summed E-state index contributed by atoms with van der Waals surface area (Å²) < 4.78 is 0. The highest BCUT2D eigenvalue weighted by molar-refractivity contribution is 6.04. The number of hydrogen-bond acceptors (Lipinski definition) is 11. The molecule has 1 aromatic carbocycles. The van der Waals surface area contributed by atoms with Crippen LogP contribution in [0.4, 0.5) is 0 Å². The number of amides is 7. The summed E-state index contributed by atoms with van der Waals surface area (Å²) in [5.41, 5.74) is 17.2. The standard InChI is InChI=1S/C35H53N8O9/c1-4-9-31(48)43(35(52)26(13-14-29(37)46)41-32(49)24(36)19-44)27(17-30(38)47)33(50)40-23(16-22-10-6-5-7-11-22)18-42(28(20-45)21(2)3)34(51)25-12-8-15-39-25/h5-7,10-11,21,23-28,39,44H,4,8-9,12-19,36H2,1-3H3,(H2,37,46)(H2,38,47)(H,40,50)(H,41,49)/t23?,24-,25-,26-,27-,28+/m0/s1. The van der Waals surface area contributed by atoms with Gasteiger partial charge in [-0.2, -0.15) is 0 Å². The number of carbonyl (C=O) groups excluding carboxylic acids is 8. The molecule has 6 atom stereocenters. The van der Waals surface area contributed by atoms with Gasteiger partial charge < -0.3 is 43.2 Å². The molecule has 1 unspecified atom stereocenters. The van der Waals surface area contributed by atoms with E-state index in [4.69, 9.17) is 17.2 Å². The molecule has 0 aliphatic carbocycles. The third-order valence-corrected chi connectivity index (χ3v) is 8.62. The van der Waals surface area contributed by atoms with Crippen LogP contribution in [0.2, 0.25) is 0 Å². The normalized spacial score (nSPS) is 16.8. The van der Waals surface area contributed by atoms with Crippen LogP contribution < -0.4 is 33.2 Å². The summed E-state index contributed by atoms with van der Waals surface area (Å²) >= 11 is 0. The number of benzene rings is 1. The minimum atomic E-state index is -1.83. The van der Waals surface area contributed by atoms with Crippen molar-refractivity contribution in [2.75, 3.05) is 19.7 Å². The maximum Gasteiger partial charge on any atom is 0.252 e. The molecule has 287 valence electrons. The predicted molar refractivity (Wildman–Crippen MR) is 189 cm³/mol. The molecule has 17 heteroatoms. The maximum absolute atomic E-state index is 14.3. The number of nitrogens with two attached hydrogens (primary N) is 3. The number of aliphatic hydroxyl groups is 1. The highest BCUT2D eigenvalue weighted by Gasteiger charge is 2.41. The zero-order chi connectivity index (χ0) is 39.0. The number of carbonyl (C=O) groups is 7. The van der Waals surface area contributed by atoms with Crippen LogP contribution in [-0.2, 0) is 44.8 Å². The number of primary amides is 2. The number of nitrogens with one attached hydrogen (secondary N) is 3. The smallest absolute Gasteiger partial charge is 0.252 e. The van der Waals surface area contributed by atoms with E-state index in [1.54, 1.807) is 51.1 Å². The lowest BCUT2D eigenvalue weighted by Crippen LogP contribution is -2.62. The summed E-state index contributed by atoms with van der Waals surface area (Å²) in [5.74, 6) is -6.56. The monoisotopic (exact) mass is 729 g/mol. The summed E-state index contributed by atoms with van der Waals surface area (Å²) in [4.78, 5) is 107. The van der Waals surface area contributed by atoms with Gasteiger partial charge in [0.25, 0.3) is 5.91 Å². The van der Waals surface area contributed by atoms with Crippen molar-refractivity contribution in [3.63, 3.8) is 0 Å². The molecule has 1 fully saturated rings. The molecule has 0 saturated carbocycles. The third kappa shape index (κ3) is 13.1. The van der Waals surface area contributed by atoms with Crippen LogP contribution in [0.15, 0.2) is 30.3 Å². The molecule has 0 aromatic heterocycles. The molecule has 1 saturated heterocycles. The van der Waals surface area contributed by atoms with Crippen molar-refractivity contribution in [3.8, 4) is 0 Å². The minimum Gasteiger partial charge on any atom is -0.394 e. The summed E-state index contributed by atoms with van der Waals surface area (Å²) in [6.45, 7) is 4.82. The van der Waals surface area contributed by atoms with Gasteiger partial charge in [0, 0.05) is 19.4 Å². The van der Waals surface area contributed by atoms with Crippen molar-refractivity contribution in [1.29, 1.82) is 0 Å². The number of aliphatic hydroxyl groups excluding tert-OH is 1. The van der Waals surface area contributed by atoms with E-state index in [1.165, 1.54) is 4.90 Å². The molecule has 52 heavy (non-hydrogen) atoms. The Labute approximate surface area is 303 Å². The second-order valence-corrected chi connectivity index (χ2v) is 13.2. The lowest BCUT2D eigenvalue weighted by molar-refractivity contribution is -0.155. The summed E-state index contributed by atoms with van der Waals surface area (Å²) in [6, 6.07) is 1.56. The number of rotatable bonds is 22. The number of imide groups is 1. The van der Waals surface area contributed by atoms with E-state index in [1.807, 2.05) is 6.29 Å². The Hall–Kier alpha value is -4.74. The highest BCUT2D eigenvalue weighted by atomic mass is 16.3. The average Bonchev–Trinajstić information content (AvgIpc) is 3.64. The molecule has 1 heterocycles. The molecule has 10 N–H and O–H groups in total. The Morgan fingerprint density at radius 2 is 1.67 bits per heavy atom. The van der Waals surface area contributed by atoms with Crippen molar-refractivity contribution < 1.29 is 43.5 Å². The molecule has 1 aliphatic rings. The number of hydrogen-bond donors (Lipinski definition) is 7. The Morgan fingerprint density at radius 3 is 2.19 bits per heavy atom. The van der Waals surface area contributed by atoms with Gasteiger partial charge in [0.05, 0.1) is 25.1 Å². The van der Waals surface area contributed by atoms with Gasteiger partial charge >= 0.3 is 0 Å². The van der Waals surface area contributed by atoms with Crippen LogP contribution in [-0.4, -0.2) is 118 Å². The fourth-order valence-corrected chi connectivity index (χ4v) is 5.94. The Kier molecular flexibility index (Phi) is 18.0. The topological polar surface area (TPSA) is 277 Å². The Bertz CT molecular complexity index is 1400. The first kappa shape index (κ1) is 43.4. The summed E-state index contributed by atoms with van der Waals surface area (Å²) in [5, 5.41) is 17.6. The van der Waals surface area contributed by atoms with Crippen molar-refractivity contribution in [2.45, 2.75) is 108 Å². The van der Waals surface area contributed by atoms with Crippen molar-refractivity contribution in [3.05, 3.63) is 35.9 Å². The zero-order valence-corrected chi connectivity index (χ0v) is 30.0. The number of nitrogens with zero attached hydrogens (tertiary/aromatic N) is 2. The molecule has 1 aromatic rings. The van der Waals surface area contributed by atoms with Crippen molar-refractivity contribution in [2.24, 2.45) is 23.1 Å². The van der Waals surface area contributed by atoms with Gasteiger partial charge in [-0.1, -0.05) is 51.1 Å². The molecule has 0 bridgehead atoms. The molecule has 7 amide bonds. The van der Waals surface area contributed by atoms with E-state index in [2.05, 4.69) is 16.0 Å². The average molecular weight is 730 g/mol. The van der Waals surface area contributed by atoms with Crippen LogP contribution in [0.1, 0.15) is 71.3 Å². The van der Waals surface area contributed by atoms with Crippen LogP contribution in [0.3, 0.4) is 0 Å². The summed E-state index contributed by atoms with van der Waals surface area (Å²) in [6.07, 6.45) is 1.73. The molecule has 17 nitrogen and oxygen atoms in total. The molecular formula is C35H53N8O9. The van der Waals surface area contributed by atoms with Crippen LogP contribution in [0.25, 0.3) is 0 Å². The predicted octanol–water partition coefficient (Wildman–Crippen LogP) is -2.10. The van der Waals surface area contributed by atoms with Crippen LogP contribution in [0.5, 0.6) is 0 Å². The third-order valence-electron chi connectivity index (χ3n) is 8.62. The second kappa shape index (κ2) is 21.6. The molecular weight excluding hydrogens is 676 g/mol. The lowest BCUT2D eigenvalue weighted by Gasteiger charge is -2.37. The van der Waals surface area contributed by atoms with Crippen LogP contribution in [0, 0.1) is 5.92 Å². The van der Waals surface area contributed by atoms with E-state index in [-0.39, 0.29) is 37.6 Å². The first-order chi connectivity index (χ1) is 24.6. The van der Waals surface area contributed by atoms with Gasteiger partial charge in [0.2, 0.25) is 41.7 Å². The molecule has 1 aliphatic heterocycles. The lowest BCUT2D eigenvalue weighted by atomic mass is 9.98. The molecule has 2 rings (SSSR count). The second-order valence-electron chi connectivity index (χ2n) is 13.2. The largest absolute Gasteiger partial charge is 0.394 e. The first-order valence-corrected chi connectivity index (χ1v) is 17.5. The zero-order valence-electron chi connectivity index (χ0n) is 30.0. The van der Waals surface area contributed by atoms with Gasteiger partial charge in [-0.3, -0.25) is 43.3 Å². The van der Waals surface area contributed by atoms with Crippen molar-refractivity contribution in [1.82, 2.24) is 25.8 Å². The Morgan fingerprint density at radius 1 is 1.00 bits per heavy atom. The van der Waals surface area contributed by atoms with Gasteiger partial charge in [0.1, 0.15) is 24.2 Å². The van der Waals surface area contributed by atoms with E-state index < -0.39 is 97.6 Å². The maximum atomic E-state index is 14.3. The van der Waals surface area contributed by atoms with E-state index in [0.29, 0.717) is 17.9 Å². The summed E-state index contributed by atoms with van der Waals surface area (Å²) in [7, 11) is 0. The molecule has 1 radical (unpaired) electrons. The quantitative estimate of drug-likeness (QED) is 0.0679. The molecule has 0 spiro atoms. The van der Waals surface area contributed by atoms with Gasteiger partial charge in [-0.05, 0) is 50.1 Å². The fraction of sp³-hybridized carbons (Fsp3) is 0.600. The van der Waals surface area contributed by atoms with Gasteiger partial charge in [-0.25, -0.2) is 0 Å². The first-order valence-electron chi connectivity index (χ1n) is 17.5.